The van der Waals surface area contributed by atoms with E-state index in [0.29, 0.717) is 5.92 Å². The summed E-state index contributed by atoms with van der Waals surface area (Å²) in [5.41, 5.74) is 11.1. The van der Waals surface area contributed by atoms with E-state index < -0.39 is 0 Å². The van der Waals surface area contributed by atoms with Crippen molar-refractivity contribution in [3.63, 3.8) is 0 Å². The molecule has 0 bridgehead atoms. The zero-order valence-corrected chi connectivity index (χ0v) is 30.0. The Balaban J connectivity index is 1.23. The third-order valence-corrected chi connectivity index (χ3v) is 10.2. The molecule has 0 fully saturated rings. The number of hydroxylamine groups is 1. The summed E-state index contributed by atoms with van der Waals surface area (Å²) >= 11 is 0. The summed E-state index contributed by atoms with van der Waals surface area (Å²) in [5, 5.41) is 6.39. The molecule has 50 heavy (non-hydrogen) atoms. The fraction of sp³-hybridized carbons (Fsp3) is 0.222. The van der Waals surface area contributed by atoms with Gasteiger partial charge in [0.25, 0.3) is 0 Å². The Hall–Kier alpha value is -5.39. The standard InChI is InChI=1S/C45H44N4O/c1-30(2)35-17-8-9-18-36(35)31-25-26-46-43(27-31)47-39-20-11-10-19-37(39)38-24-23-33(29-42(38)47)45(6,7)32-15-14-16-34(28-32)48-40-21-12-13-22-41(40)49(50-48)44(3,4)5/h8-30H,1-7H3. The van der Waals surface area contributed by atoms with Crippen LogP contribution >= 0.6 is 0 Å². The van der Waals surface area contributed by atoms with Gasteiger partial charge in [0.1, 0.15) is 5.82 Å². The van der Waals surface area contributed by atoms with Crippen molar-refractivity contribution >= 4 is 38.9 Å². The molecule has 3 heterocycles. The summed E-state index contributed by atoms with van der Waals surface area (Å²) in [6, 6.07) is 45.8. The van der Waals surface area contributed by atoms with E-state index in [-0.39, 0.29) is 11.0 Å². The van der Waals surface area contributed by atoms with Crippen LogP contribution in [-0.4, -0.2) is 15.1 Å². The van der Waals surface area contributed by atoms with Crippen molar-refractivity contribution in [1.29, 1.82) is 0 Å². The zero-order valence-electron chi connectivity index (χ0n) is 30.0. The number of hydrogen-bond donors (Lipinski definition) is 0. The van der Waals surface area contributed by atoms with Gasteiger partial charge in [0.05, 0.1) is 33.6 Å². The Morgan fingerprint density at radius 2 is 1.32 bits per heavy atom. The Morgan fingerprint density at radius 3 is 2.12 bits per heavy atom. The topological polar surface area (TPSA) is 33.5 Å². The monoisotopic (exact) mass is 656 g/mol. The smallest absolute Gasteiger partial charge is 0.138 e. The van der Waals surface area contributed by atoms with E-state index in [0.717, 1.165) is 33.9 Å². The van der Waals surface area contributed by atoms with Crippen molar-refractivity contribution in [1.82, 2.24) is 9.55 Å². The van der Waals surface area contributed by atoms with Crippen LogP contribution in [0.15, 0.2) is 134 Å². The van der Waals surface area contributed by atoms with Crippen molar-refractivity contribution in [3.05, 3.63) is 150 Å². The van der Waals surface area contributed by atoms with Gasteiger partial charge in [-0.15, -0.1) is 4.94 Å². The molecule has 8 rings (SSSR count). The number of rotatable bonds is 6. The van der Waals surface area contributed by atoms with Crippen molar-refractivity contribution in [2.45, 2.75) is 65.3 Å². The van der Waals surface area contributed by atoms with Crippen LogP contribution in [0.2, 0.25) is 0 Å². The Morgan fingerprint density at radius 1 is 0.620 bits per heavy atom. The molecular formula is C45H44N4O. The van der Waals surface area contributed by atoms with E-state index in [1.807, 2.05) is 16.3 Å². The van der Waals surface area contributed by atoms with E-state index >= 15 is 0 Å². The van der Waals surface area contributed by atoms with Crippen molar-refractivity contribution in [2.75, 3.05) is 10.1 Å². The number of benzene rings is 5. The van der Waals surface area contributed by atoms with Crippen molar-refractivity contribution in [2.24, 2.45) is 0 Å². The molecule has 2 aromatic heterocycles. The molecule has 0 aliphatic carbocycles. The van der Waals surface area contributed by atoms with Crippen LogP contribution in [-0.2, 0) is 10.4 Å². The highest BCUT2D eigenvalue weighted by molar-refractivity contribution is 6.09. The van der Waals surface area contributed by atoms with Gasteiger partial charge < -0.3 is 0 Å². The summed E-state index contributed by atoms with van der Waals surface area (Å²) < 4.78 is 2.33. The van der Waals surface area contributed by atoms with E-state index in [4.69, 9.17) is 9.92 Å². The molecule has 0 radical (unpaired) electrons. The molecule has 0 saturated heterocycles. The fourth-order valence-electron chi connectivity index (χ4n) is 7.41. The minimum Gasteiger partial charge on any atom is -0.294 e. The first-order chi connectivity index (χ1) is 24.0. The Kier molecular flexibility index (Phi) is 7.57. The van der Waals surface area contributed by atoms with Gasteiger partial charge in [0.2, 0.25) is 0 Å². The summed E-state index contributed by atoms with van der Waals surface area (Å²) in [4.78, 5) is 11.5. The van der Waals surface area contributed by atoms with Gasteiger partial charge in [0.15, 0.2) is 0 Å². The second kappa shape index (κ2) is 11.9. The van der Waals surface area contributed by atoms with Crippen LogP contribution in [0.5, 0.6) is 0 Å². The van der Waals surface area contributed by atoms with Crippen LogP contribution in [0.25, 0.3) is 38.8 Å². The first kappa shape index (κ1) is 31.9. The second-order valence-electron chi connectivity index (χ2n) is 15.2. The van der Waals surface area contributed by atoms with E-state index in [9.17, 15) is 0 Å². The van der Waals surface area contributed by atoms with Gasteiger partial charge in [-0.1, -0.05) is 107 Å². The number of anilines is 3. The quantitative estimate of drug-likeness (QED) is 0.178. The summed E-state index contributed by atoms with van der Waals surface area (Å²) in [6.07, 6.45) is 1.95. The average molecular weight is 657 g/mol. The normalized spacial score (nSPS) is 13.5. The highest BCUT2D eigenvalue weighted by Crippen LogP contribution is 2.46. The van der Waals surface area contributed by atoms with Crippen LogP contribution in [0.3, 0.4) is 0 Å². The molecule has 0 spiro atoms. The average Bonchev–Trinajstić information content (AvgIpc) is 3.68. The lowest BCUT2D eigenvalue weighted by molar-refractivity contribution is 0.0842. The van der Waals surface area contributed by atoms with Gasteiger partial charge in [-0.3, -0.25) is 4.57 Å². The maximum atomic E-state index is 6.53. The summed E-state index contributed by atoms with van der Waals surface area (Å²) in [6.45, 7) is 15.6. The second-order valence-corrected chi connectivity index (χ2v) is 15.2. The molecular weight excluding hydrogens is 613 g/mol. The number of fused-ring (bicyclic) bond motifs is 4. The van der Waals surface area contributed by atoms with Crippen molar-refractivity contribution < 1.29 is 4.94 Å². The molecule has 7 aromatic rings. The molecule has 5 aromatic carbocycles. The number of para-hydroxylation sites is 3. The molecule has 0 amide bonds. The van der Waals surface area contributed by atoms with Gasteiger partial charge in [-0.2, -0.15) is 5.06 Å². The maximum Gasteiger partial charge on any atom is 0.138 e. The molecule has 5 nitrogen and oxygen atoms in total. The SMILES string of the molecule is CC(C)c1ccccc1-c1ccnc(-n2c3ccccc3c3ccc(C(C)(C)c4cccc(N5ON(C(C)(C)C)c6ccccc65)c4)cc32)c1. The van der Waals surface area contributed by atoms with Crippen LogP contribution in [0, 0.1) is 0 Å². The number of hydrogen-bond acceptors (Lipinski definition) is 4. The van der Waals surface area contributed by atoms with Crippen LogP contribution in [0.1, 0.15) is 71.1 Å². The van der Waals surface area contributed by atoms with E-state index in [2.05, 4.69) is 180 Å². The van der Waals surface area contributed by atoms with Crippen LogP contribution in [0.4, 0.5) is 17.1 Å². The number of nitrogens with zero attached hydrogens (tertiary/aromatic N) is 4. The zero-order chi connectivity index (χ0) is 34.8. The minimum absolute atomic E-state index is 0.207. The number of pyridine rings is 1. The lowest BCUT2D eigenvalue weighted by Gasteiger charge is -2.32. The highest BCUT2D eigenvalue weighted by Gasteiger charge is 2.36. The van der Waals surface area contributed by atoms with Crippen LogP contribution < -0.4 is 10.1 Å². The molecule has 0 N–H and O–H groups in total. The Labute approximate surface area is 295 Å². The molecule has 0 unspecified atom stereocenters. The lowest BCUT2D eigenvalue weighted by atomic mass is 9.77. The molecule has 0 saturated carbocycles. The summed E-state index contributed by atoms with van der Waals surface area (Å²) in [7, 11) is 0. The Bertz CT molecular complexity index is 2380. The van der Waals surface area contributed by atoms with Gasteiger partial charge in [-0.25, -0.2) is 10.0 Å². The van der Waals surface area contributed by atoms with Gasteiger partial charge in [-0.05, 0) is 103 Å². The maximum absolute atomic E-state index is 6.53. The predicted molar refractivity (Wildman–Crippen MR) is 209 cm³/mol. The first-order valence-electron chi connectivity index (χ1n) is 17.6. The molecule has 5 heteroatoms. The summed E-state index contributed by atoms with van der Waals surface area (Å²) in [5.74, 6) is 1.33. The minimum atomic E-state index is -0.306. The lowest BCUT2D eigenvalue weighted by Crippen LogP contribution is -2.41. The largest absolute Gasteiger partial charge is 0.294 e. The van der Waals surface area contributed by atoms with Gasteiger partial charge >= 0.3 is 0 Å². The van der Waals surface area contributed by atoms with Crippen molar-refractivity contribution in [3.8, 4) is 16.9 Å². The van der Waals surface area contributed by atoms with Gasteiger partial charge in [0, 0.05) is 22.4 Å². The van der Waals surface area contributed by atoms with E-state index in [1.165, 1.54) is 38.6 Å². The highest BCUT2D eigenvalue weighted by atomic mass is 16.8. The fourth-order valence-corrected chi connectivity index (χ4v) is 7.41. The molecule has 250 valence electrons. The molecule has 1 aliphatic heterocycles. The van der Waals surface area contributed by atoms with E-state index in [1.54, 1.807) is 0 Å². The first-order valence-corrected chi connectivity index (χ1v) is 17.6. The third kappa shape index (κ3) is 5.24. The third-order valence-electron chi connectivity index (χ3n) is 10.2. The molecule has 1 aliphatic rings. The molecule has 0 atom stereocenters. The predicted octanol–water partition coefficient (Wildman–Crippen LogP) is 11.9. The number of aromatic nitrogens is 2.